The zero-order chi connectivity index (χ0) is 25.4. The predicted molar refractivity (Wildman–Crippen MR) is 134 cm³/mol. The average Bonchev–Trinajstić information content (AvgIpc) is 3.00. The molecule has 0 amide bonds. The average molecular weight is 479 g/mol. The zero-order valence-corrected chi connectivity index (χ0v) is 22.5. The molecule has 5 N–H and O–H groups in total. The van der Waals surface area contributed by atoms with Gasteiger partial charge in [0.05, 0.1) is 24.4 Å². The molecule has 0 aliphatic heterocycles. The van der Waals surface area contributed by atoms with E-state index >= 15 is 0 Å². The lowest BCUT2D eigenvalue weighted by molar-refractivity contribution is -0.293. The van der Waals surface area contributed by atoms with Crippen molar-refractivity contribution < 1.29 is 25.5 Å². The maximum atomic E-state index is 11.7. The van der Waals surface area contributed by atoms with Gasteiger partial charge in [-0.1, -0.05) is 47.1 Å². The minimum absolute atomic E-state index is 0.0632. The fraction of sp³-hybridized carbons (Fsp3) is 0.931. The molecule has 0 heterocycles. The minimum Gasteiger partial charge on any atom is -0.393 e. The first kappa shape index (κ1) is 26.6. The number of allylic oxidation sites excluding steroid dienone is 1. The van der Waals surface area contributed by atoms with Crippen molar-refractivity contribution >= 4 is 0 Å². The topological polar surface area (TPSA) is 101 Å². The Bertz CT molecular complexity index is 808. The minimum atomic E-state index is -1.48. The Kier molecular flexibility index (Phi) is 6.91. The molecular weight excluding hydrogens is 428 g/mol. The molecule has 4 fully saturated rings. The SMILES string of the molecule is C/C(C[C@@H](C)[C@H](C)C(C)C)=C1/[C@@H](O)C[C@H]2[C@@H]3C[C@@H](O)[C@@]4(O)C[C@@H](O)C[C@@H](O)[C@]4(C)[C@H]3CC[C@]12C. The first-order chi connectivity index (χ1) is 15.7. The van der Waals surface area contributed by atoms with E-state index in [2.05, 4.69) is 41.5 Å². The Labute approximate surface area is 206 Å². The van der Waals surface area contributed by atoms with Crippen LogP contribution in [0.1, 0.15) is 93.4 Å². The molecule has 5 heteroatoms. The summed E-state index contributed by atoms with van der Waals surface area (Å²) in [5.74, 6) is 2.21. The van der Waals surface area contributed by atoms with Crippen LogP contribution in [0.15, 0.2) is 11.1 Å². The summed E-state index contributed by atoms with van der Waals surface area (Å²) in [4.78, 5) is 0. The fourth-order valence-electron chi connectivity index (χ4n) is 9.37. The van der Waals surface area contributed by atoms with Gasteiger partial charge >= 0.3 is 0 Å². The Balaban J connectivity index is 1.67. The Morgan fingerprint density at radius 3 is 2.21 bits per heavy atom. The van der Waals surface area contributed by atoms with Gasteiger partial charge in [-0.2, -0.15) is 0 Å². The molecular formula is C29H50O5. The van der Waals surface area contributed by atoms with E-state index < -0.39 is 35.4 Å². The molecule has 4 aliphatic rings. The molecule has 0 saturated heterocycles. The molecule has 12 atom stereocenters. The summed E-state index contributed by atoms with van der Waals surface area (Å²) in [7, 11) is 0. The molecule has 4 saturated carbocycles. The monoisotopic (exact) mass is 478 g/mol. The standard InChI is InChI=1S/C29H50O5/c1-15(2)18(5)16(3)10-17(4)26-23(31)13-22-20-12-25(33)29(34)14-19(30)11-24(32)28(29,7)21(20)8-9-27(22,26)6/h15-16,18-25,30-34H,8-14H2,1-7H3/b26-17+/t16-,18-,19+,20-,21+,22+,23+,24-,25-,27+,28+,29+/m1/s1. The van der Waals surface area contributed by atoms with E-state index in [4.69, 9.17) is 0 Å². The van der Waals surface area contributed by atoms with Gasteiger partial charge in [-0.3, -0.25) is 0 Å². The smallest absolute Gasteiger partial charge is 0.101 e. The van der Waals surface area contributed by atoms with E-state index in [-0.39, 0.29) is 36.0 Å². The largest absolute Gasteiger partial charge is 0.393 e. The second kappa shape index (κ2) is 8.83. The van der Waals surface area contributed by atoms with Crippen LogP contribution in [-0.2, 0) is 0 Å². The van der Waals surface area contributed by atoms with Gasteiger partial charge < -0.3 is 25.5 Å². The zero-order valence-electron chi connectivity index (χ0n) is 22.5. The number of hydrogen-bond donors (Lipinski definition) is 5. The van der Waals surface area contributed by atoms with Gasteiger partial charge in [0, 0.05) is 11.8 Å². The van der Waals surface area contributed by atoms with Crippen molar-refractivity contribution in [3.05, 3.63) is 11.1 Å². The molecule has 0 unspecified atom stereocenters. The Morgan fingerprint density at radius 2 is 1.59 bits per heavy atom. The lowest BCUT2D eigenvalue weighted by Gasteiger charge is -2.66. The van der Waals surface area contributed by atoms with Crippen LogP contribution in [0.25, 0.3) is 0 Å². The van der Waals surface area contributed by atoms with Crippen molar-refractivity contribution in [3.8, 4) is 0 Å². The van der Waals surface area contributed by atoms with Crippen LogP contribution < -0.4 is 0 Å². The lowest BCUT2D eigenvalue weighted by Crippen LogP contribution is -2.72. The Morgan fingerprint density at radius 1 is 0.941 bits per heavy atom. The highest BCUT2D eigenvalue weighted by molar-refractivity contribution is 5.33. The first-order valence-corrected chi connectivity index (χ1v) is 13.8. The van der Waals surface area contributed by atoms with Gasteiger partial charge in [-0.25, -0.2) is 0 Å². The van der Waals surface area contributed by atoms with Gasteiger partial charge in [-0.05, 0) is 91.9 Å². The summed E-state index contributed by atoms with van der Waals surface area (Å²) >= 11 is 0. The third-order valence-corrected chi connectivity index (χ3v) is 11.8. The van der Waals surface area contributed by atoms with Crippen LogP contribution in [0.4, 0.5) is 0 Å². The molecule has 0 spiro atoms. The summed E-state index contributed by atoms with van der Waals surface area (Å²) in [5, 5.41) is 55.7. The van der Waals surface area contributed by atoms with E-state index in [1.807, 2.05) is 6.92 Å². The van der Waals surface area contributed by atoms with Crippen LogP contribution in [-0.4, -0.2) is 55.5 Å². The summed E-state index contributed by atoms with van der Waals surface area (Å²) in [6, 6.07) is 0. The fourth-order valence-corrected chi connectivity index (χ4v) is 9.37. The van der Waals surface area contributed by atoms with Crippen molar-refractivity contribution in [1.82, 2.24) is 0 Å². The van der Waals surface area contributed by atoms with Crippen molar-refractivity contribution in [3.63, 3.8) is 0 Å². The van der Waals surface area contributed by atoms with Gasteiger partial charge in [0.25, 0.3) is 0 Å². The van der Waals surface area contributed by atoms with E-state index in [0.29, 0.717) is 30.6 Å². The van der Waals surface area contributed by atoms with Gasteiger partial charge in [-0.15, -0.1) is 0 Å². The third kappa shape index (κ3) is 3.67. The molecule has 0 aromatic carbocycles. The summed E-state index contributed by atoms with van der Waals surface area (Å²) < 4.78 is 0. The second-order valence-electron chi connectivity index (χ2n) is 13.6. The third-order valence-electron chi connectivity index (χ3n) is 11.8. The summed E-state index contributed by atoms with van der Waals surface area (Å²) in [6.45, 7) is 15.7. The van der Waals surface area contributed by atoms with Crippen LogP contribution in [0.2, 0.25) is 0 Å². The van der Waals surface area contributed by atoms with Gasteiger partial charge in [0.2, 0.25) is 0 Å². The molecule has 0 aromatic rings. The van der Waals surface area contributed by atoms with Crippen LogP contribution in [0.5, 0.6) is 0 Å². The van der Waals surface area contributed by atoms with E-state index in [1.165, 1.54) is 11.1 Å². The molecule has 0 aromatic heterocycles. The van der Waals surface area contributed by atoms with Gasteiger partial charge in [0.1, 0.15) is 5.60 Å². The maximum absolute atomic E-state index is 11.7. The normalized spacial score (nSPS) is 52.0. The summed E-state index contributed by atoms with van der Waals surface area (Å²) in [5.41, 5.74) is 0.0992. The highest BCUT2D eigenvalue weighted by Crippen LogP contribution is 2.68. The molecule has 0 bridgehead atoms. The van der Waals surface area contributed by atoms with Crippen molar-refractivity contribution in [2.75, 3.05) is 0 Å². The van der Waals surface area contributed by atoms with Crippen LogP contribution in [0.3, 0.4) is 0 Å². The number of fused-ring (bicyclic) bond motifs is 5. The van der Waals surface area contributed by atoms with E-state index in [1.54, 1.807) is 0 Å². The number of hydrogen-bond acceptors (Lipinski definition) is 5. The molecule has 4 aliphatic carbocycles. The number of aliphatic hydroxyl groups excluding tert-OH is 4. The molecule has 4 rings (SSSR count). The highest BCUT2D eigenvalue weighted by atomic mass is 16.4. The quantitative estimate of drug-likeness (QED) is 0.393. The first-order valence-electron chi connectivity index (χ1n) is 13.8. The van der Waals surface area contributed by atoms with E-state index in [9.17, 15) is 25.5 Å². The maximum Gasteiger partial charge on any atom is 0.101 e. The van der Waals surface area contributed by atoms with Gasteiger partial charge in [0.15, 0.2) is 0 Å². The van der Waals surface area contributed by atoms with Crippen LogP contribution in [0, 0.1) is 46.3 Å². The van der Waals surface area contributed by atoms with E-state index in [0.717, 1.165) is 19.3 Å². The van der Waals surface area contributed by atoms with Crippen LogP contribution >= 0.6 is 0 Å². The summed E-state index contributed by atoms with van der Waals surface area (Å²) in [6.07, 6.45) is 1.21. The highest BCUT2D eigenvalue weighted by Gasteiger charge is 2.70. The Hall–Kier alpha value is -0.460. The number of rotatable bonds is 4. The molecule has 5 nitrogen and oxygen atoms in total. The lowest BCUT2D eigenvalue weighted by atomic mass is 9.42. The van der Waals surface area contributed by atoms with Crippen molar-refractivity contribution in [1.29, 1.82) is 0 Å². The van der Waals surface area contributed by atoms with Crippen molar-refractivity contribution in [2.45, 2.75) is 123 Å². The molecule has 0 radical (unpaired) electrons. The predicted octanol–water partition coefficient (Wildman–Crippen LogP) is 4.05. The number of aliphatic hydroxyl groups is 5. The second-order valence-corrected chi connectivity index (χ2v) is 13.6. The molecule has 34 heavy (non-hydrogen) atoms. The molecule has 196 valence electrons. The van der Waals surface area contributed by atoms with Crippen molar-refractivity contribution in [2.24, 2.45) is 46.3 Å².